The average Bonchev–Trinajstić information content (AvgIpc) is 2.29. The molecule has 0 amide bonds. The molecule has 0 saturated carbocycles. The molecule has 3 heteroatoms. The lowest BCUT2D eigenvalue weighted by atomic mass is 10.1. The number of benzene rings is 1. The van der Waals surface area contributed by atoms with Crippen LogP contribution in [0.4, 0.5) is 0 Å². The number of rotatable bonds is 5. The molecule has 0 aliphatic heterocycles. The highest BCUT2D eigenvalue weighted by Gasteiger charge is 2.15. The largest absolute Gasteiger partial charge is 0.394 e. The third-order valence-electron chi connectivity index (χ3n) is 2.34. The van der Waals surface area contributed by atoms with E-state index in [4.69, 9.17) is 5.11 Å². The Morgan fingerprint density at radius 3 is 2.47 bits per heavy atom. The molecular weight excluding hydrogens is 214 g/mol. The molecular formula is C14H19NO2. The molecule has 3 nitrogen and oxygen atoms in total. The van der Waals surface area contributed by atoms with Crippen LogP contribution in [0.1, 0.15) is 31.1 Å². The molecule has 0 aliphatic carbocycles. The van der Waals surface area contributed by atoms with Gasteiger partial charge in [-0.3, -0.25) is 4.79 Å². The standard InChI is InChI=1S/C14H19NO2/c1-11(15-14(2,3)10-16)9-13(17)12-7-5-4-6-8-12/h4-9,15-16H,10H2,1-3H3/b11-9-. The highest BCUT2D eigenvalue weighted by atomic mass is 16.3. The summed E-state index contributed by atoms with van der Waals surface area (Å²) in [6.45, 7) is 5.57. The van der Waals surface area contributed by atoms with Gasteiger partial charge in [0.2, 0.25) is 0 Å². The predicted molar refractivity (Wildman–Crippen MR) is 68.8 cm³/mol. The van der Waals surface area contributed by atoms with Gasteiger partial charge in [-0.05, 0) is 20.8 Å². The highest BCUT2D eigenvalue weighted by molar-refractivity contribution is 6.04. The van der Waals surface area contributed by atoms with E-state index in [1.807, 2.05) is 39.0 Å². The van der Waals surface area contributed by atoms with Crippen molar-refractivity contribution in [2.75, 3.05) is 6.61 Å². The summed E-state index contributed by atoms with van der Waals surface area (Å²) in [5, 5.41) is 12.2. The van der Waals surface area contributed by atoms with Crippen molar-refractivity contribution in [2.45, 2.75) is 26.3 Å². The molecule has 17 heavy (non-hydrogen) atoms. The Hall–Kier alpha value is -1.61. The normalized spacial score (nSPS) is 12.4. The number of aliphatic hydroxyl groups is 1. The van der Waals surface area contributed by atoms with Crippen molar-refractivity contribution in [1.29, 1.82) is 0 Å². The molecule has 0 heterocycles. The van der Waals surface area contributed by atoms with Crippen molar-refractivity contribution in [3.8, 4) is 0 Å². The van der Waals surface area contributed by atoms with Gasteiger partial charge < -0.3 is 10.4 Å². The topological polar surface area (TPSA) is 49.3 Å². The minimum Gasteiger partial charge on any atom is -0.394 e. The molecule has 0 bridgehead atoms. The zero-order valence-electron chi connectivity index (χ0n) is 10.5. The quantitative estimate of drug-likeness (QED) is 0.605. The summed E-state index contributed by atoms with van der Waals surface area (Å²) in [5.41, 5.74) is 0.991. The van der Waals surface area contributed by atoms with Gasteiger partial charge in [-0.15, -0.1) is 0 Å². The Labute approximate surface area is 102 Å². The van der Waals surface area contributed by atoms with Crippen LogP contribution in [-0.2, 0) is 0 Å². The fraction of sp³-hybridized carbons (Fsp3) is 0.357. The maximum Gasteiger partial charge on any atom is 0.187 e. The smallest absolute Gasteiger partial charge is 0.187 e. The van der Waals surface area contributed by atoms with Crippen LogP contribution < -0.4 is 5.32 Å². The van der Waals surface area contributed by atoms with E-state index in [1.165, 1.54) is 0 Å². The fourth-order valence-corrected chi connectivity index (χ4v) is 1.49. The summed E-state index contributed by atoms with van der Waals surface area (Å²) in [4.78, 5) is 11.9. The molecule has 0 unspecified atom stereocenters. The van der Waals surface area contributed by atoms with E-state index in [2.05, 4.69) is 5.32 Å². The van der Waals surface area contributed by atoms with E-state index >= 15 is 0 Å². The van der Waals surface area contributed by atoms with E-state index in [9.17, 15) is 4.79 Å². The molecule has 92 valence electrons. The molecule has 0 radical (unpaired) electrons. The summed E-state index contributed by atoms with van der Waals surface area (Å²) in [7, 11) is 0. The Kier molecular flexibility index (Phi) is 4.46. The third kappa shape index (κ3) is 4.41. The molecule has 2 N–H and O–H groups in total. The lowest BCUT2D eigenvalue weighted by Crippen LogP contribution is -2.41. The minimum atomic E-state index is -0.419. The number of nitrogens with one attached hydrogen (secondary N) is 1. The molecule has 1 aromatic carbocycles. The summed E-state index contributed by atoms with van der Waals surface area (Å²) in [6, 6.07) is 9.11. The van der Waals surface area contributed by atoms with E-state index < -0.39 is 5.54 Å². The number of carbonyl (C=O) groups is 1. The fourth-order valence-electron chi connectivity index (χ4n) is 1.49. The minimum absolute atomic E-state index is 0.0116. The van der Waals surface area contributed by atoms with Crippen molar-refractivity contribution in [1.82, 2.24) is 5.32 Å². The second-order valence-corrected chi connectivity index (χ2v) is 4.72. The molecule has 0 spiro atoms. The van der Waals surface area contributed by atoms with Crippen molar-refractivity contribution < 1.29 is 9.90 Å². The SMILES string of the molecule is C/C(=C/C(=O)c1ccccc1)NC(C)(C)CO. The van der Waals surface area contributed by atoms with Crippen LogP contribution in [0.15, 0.2) is 42.1 Å². The third-order valence-corrected chi connectivity index (χ3v) is 2.34. The van der Waals surface area contributed by atoms with Gasteiger partial charge in [-0.1, -0.05) is 30.3 Å². The van der Waals surface area contributed by atoms with Crippen LogP contribution in [0.25, 0.3) is 0 Å². The van der Waals surface area contributed by atoms with Crippen LogP contribution in [-0.4, -0.2) is 23.0 Å². The van der Waals surface area contributed by atoms with Crippen LogP contribution in [0.3, 0.4) is 0 Å². The average molecular weight is 233 g/mol. The molecule has 0 atom stereocenters. The summed E-state index contributed by atoms with van der Waals surface area (Å²) in [6.07, 6.45) is 1.55. The van der Waals surface area contributed by atoms with Crippen LogP contribution >= 0.6 is 0 Å². The van der Waals surface area contributed by atoms with Gasteiger partial charge in [0.25, 0.3) is 0 Å². The Morgan fingerprint density at radius 1 is 1.35 bits per heavy atom. The van der Waals surface area contributed by atoms with Crippen LogP contribution in [0.2, 0.25) is 0 Å². The second kappa shape index (κ2) is 5.64. The van der Waals surface area contributed by atoms with Crippen molar-refractivity contribution in [3.63, 3.8) is 0 Å². The van der Waals surface area contributed by atoms with Gasteiger partial charge in [-0.2, -0.15) is 0 Å². The Bertz CT molecular complexity index is 407. The van der Waals surface area contributed by atoms with Gasteiger partial charge in [0.15, 0.2) is 5.78 Å². The zero-order valence-corrected chi connectivity index (χ0v) is 10.5. The van der Waals surface area contributed by atoms with Gasteiger partial charge in [0, 0.05) is 17.3 Å². The van der Waals surface area contributed by atoms with Crippen LogP contribution in [0, 0.1) is 0 Å². The van der Waals surface area contributed by atoms with Gasteiger partial charge in [0.05, 0.1) is 12.1 Å². The second-order valence-electron chi connectivity index (χ2n) is 4.72. The lowest BCUT2D eigenvalue weighted by Gasteiger charge is -2.25. The van der Waals surface area contributed by atoms with Gasteiger partial charge in [0.1, 0.15) is 0 Å². The maximum absolute atomic E-state index is 11.9. The summed E-state index contributed by atoms with van der Waals surface area (Å²) >= 11 is 0. The number of hydrogen-bond acceptors (Lipinski definition) is 3. The first-order valence-corrected chi connectivity index (χ1v) is 5.61. The predicted octanol–water partition coefficient (Wildman–Crippen LogP) is 2.13. The van der Waals surface area contributed by atoms with Gasteiger partial charge in [-0.25, -0.2) is 0 Å². The molecule has 1 aromatic rings. The summed E-state index contributed by atoms with van der Waals surface area (Å²) in [5.74, 6) is -0.0376. The van der Waals surface area contributed by atoms with Crippen molar-refractivity contribution in [2.24, 2.45) is 0 Å². The molecule has 0 saturated heterocycles. The van der Waals surface area contributed by atoms with E-state index in [-0.39, 0.29) is 12.4 Å². The van der Waals surface area contributed by atoms with Crippen LogP contribution in [0.5, 0.6) is 0 Å². The Morgan fingerprint density at radius 2 is 1.94 bits per heavy atom. The van der Waals surface area contributed by atoms with E-state index in [0.717, 1.165) is 5.70 Å². The van der Waals surface area contributed by atoms with Crippen molar-refractivity contribution in [3.05, 3.63) is 47.7 Å². The van der Waals surface area contributed by atoms with E-state index in [1.54, 1.807) is 18.2 Å². The van der Waals surface area contributed by atoms with Gasteiger partial charge >= 0.3 is 0 Å². The monoisotopic (exact) mass is 233 g/mol. The number of allylic oxidation sites excluding steroid dienone is 2. The number of hydrogen-bond donors (Lipinski definition) is 2. The number of aliphatic hydroxyl groups excluding tert-OH is 1. The highest BCUT2D eigenvalue weighted by Crippen LogP contribution is 2.06. The summed E-state index contributed by atoms with van der Waals surface area (Å²) < 4.78 is 0. The lowest BCUT2D eigenvalue weighted by molar-refractivity contribution is 0.104. The first kappa shape index (κ1) is 13.5. The zero-order chi connectivity index (χ0) is 12.9. The molecule has 0 fully saturated rings. The first-order valence-electron chi connectivity index (χ1n) is 5.61. The first-order chi connectivity index (χ1) is 7.94. The Balaban J connectivity index is 2.73. The number of ketones is 1. The molecule has 1 rings (SSSR count). The number of carbonyl (C=O) groups excluding carboxylic acids is 1. The molecule has 0 aromatic heterocycles. The maximum atomic E-state index is 11.9. The molecule has 0 aliphatic rings. The van der Waals surface area contributed by atoms with Crippen molar-refractivity contribution >= 4 is 5.78 Å². The van der Waals surface area contributed by atoms with E-state index in [0.29, 0.717) is 5.56 Å².